The summed E-state index contributed by atoms with van der Waals surface area (Å²) < 4.78 is 11.1. The van der Waals surface area contributed by atoms with Crippen LogP contribution in [0.2, 0.25) is 0 Å². The number of carbonyl (C=O) groups excluding carboxylic acids is 3. The van der Waals surface area contributed by atoms with E-state index in [2.05, 4.69) is 10.6 Å². The molecule has 1 saturated heterocycles. The molecule has 0 radical (unpaired) electrons. The van der Waals surface area contributed by atoms with Gasteiger partial charge in [-0.1, -0.05) is 12.1 Å². The van der Waals surface area contributed by atoms with E-state index < -0.39 is 5.25 Å². The molecule has 3 aliphatic heterocycles. The molecular formula is C23H23N3O5S. The van der Waals surface area contributed by atoms with Crippen molar-refractivity contribution in [2.45, 2.75) is 23.0 Å². The predicted molar refractivity (Wildman–Crippen MR) is 120 cm³/mol. The molecule has 0 aromatic heterocycles. The number of likely N-dealkylation sites (tertiary alicyclic amines) is 1. The lowest BCUT2D eigenvalue weighted by Crippen LogP contribution is -2.48. The Labute approximate surface area is 189 Å². The van der Waals surface area contributed by atoms with Crippen LogP contribution in [0.5, 0.6) is 11.5 Å². The maximum atomic E-state index is 13.0. The fraction of sp³-hybridized carbons (Fsp3) is 0.348. The van der Waals surface area contributed by atoms with Crippen molar-refractivity contribution in [3.63, 3.8) is 0 Å². The van der Waals surface area contributed by atoms with E-state index in [9.17, 15) is 14.4 Å². The minimum absolute atomic E-state index is 0.0764. The number of amides is 3. The molecule has 5 rings (SSSR count). The molecule has 0 bridgehead atoms. The van der Waals surface area contributed by atoms with Crippen LogP contribution in [0.1, 0.15) is 12.8 Å². The number of rotatable bonds is 3. The lowest BCUT2D eigenvalue weighted by molar-refractivity contribution is -0.136. The first-order chi connectivity index (χ1) is 15.6. The highest BCUT2D eigenvalue weighted by Crippen LogP contribution is 2.37. The highest BCUT2D eigenvalue weighted by atomic mass is 32.2. The van der Waals surface area contributed by atoms with Gasteiger partial charge in [0.1, 0.15) is 13.2 Å². The molecule has 3 amide bonds. The van der Waals surface area contributed by atoms with Gasteiger partial charge >= 0.3 is 0 Å². The Bertz CT molecular complexity index is 1070. The van der Waals surface area contributed by atoms with Gasteiger partial charge in [0.2, 0.25) is 17.7 Å². The third-order valence-corrected chi connectivity index (χ3v) is 7.10. The minimum Gasteiger partial charge on any atom is -0.486 e. The molecule has 0 aliphatic carbocycles. The Balaban J connectivity index is 1.17. The van der Waals surface area contributed by atoms with Gasteiger partial charge in [-0.05, 0) is 37.1 Å². The number of carbonyl (C=O) groups is 3. The van der Waals surface area contributed by atoms with Crippen LogP contribution in [-0.4, -0.2) is 54.2 Å². The van der Waals surface area contributed by atoms with Gasteiger partial charge < -0.3 is 25.0 Å². The standard InChI is InChI=1S/C23H23N3O5S/c27-21(24-15-5-6-17-18(13-15)31-12-11-30-17)14-7-9-26(10-8-14)23(29)20-22(28)25-16-3-1-2-4-19(16)32-20/h1-6,13-14,20H,7-12H2,(H,24,27)(H,25,28)/t20-/m1/s1. The van der Waals surface area contributed by atoms with Gasteiger partial charge in [0, 0.05) is 35.7 Å². The monoisotopic (exact) mass is 453 g/mol. The molecule has 0 unspecified atom stereocenters. The number of benzene rings is 2. The molecule has 0 spiro atoms. The van der Waals surface area contributed by atoms with Gasteiger partial charge in [-0.15, -0.1) is 11.8 Å². The van der Waals surface area contributed by atoms with Crippen molar-refractivity contribution in [3.05, 3.63) is 42.5 Å². The second-order valence-corrected chi connectivity index (χ2v) is 9.08. The number of ether oxygens (including phenoxy) is 2. The van der Waals surface area contributed by atoms with Crippen LogP contribution < -0.4 is 20.1 Å². The normalized spacial score (nSPS) is 20.2. The average molecular weight is 454 g/mol. The number of fused-ring (bicyclic) bond motifs is 2. The molecule has 32 heavy (non-hydrogen) atoms. The minimum atomic E-state index is -0.798. The van der Waals surface area contributed by atoms with Crippen molar-refractivity contribution < 1.29 is 23.9 Å². The van der Waals surface area contributed by atoms with Crippen molar-refractivity contribution >= 4 is 40.9 Å². The summed E-state index contributed by atoms with van der Waals surface area (Å²) in [5, 5.41) is 4.96. The summed E-state index contributed by atoms with van der Waals surface area (Å²) in [6.45, 7) is 1.90. The smallest absolute Gasteiger partial charge is 0.247 e. The van der Waals surface area contributed by atoms with Crippen LogP contribution in [0.25, 0.3) is 0 Å². The van der Waals surface area contributed by atoms with Crippen LogP contribution >= 0.6 is 11.8 Å². The molecule has 3 heterocycles. The molecular weight excluding hydrogens is 430 g/mol. The number of nitrogens with zero attached hydrogens (tertiary/aromatic N) is 1. The fourth-order valence-electron chi connectivity index (χ4n) is 4.11. The van der Waals surface area contributed by atoms with Gasteiger partial charge in [-0.3, -0.25) is 14.4 Å². The average Bonchev–Trinajstić information content (AvgIpc) is 2.83. The largest absolute Gasteiger partial charge is 0.486 e. The molecule has 2 aromatic carbocycles. The second kappa shape index (κ2) is 8.74. The van der Waals surface area contributed by atoms with Crippen LogP contribution in [0.15, 0.2) is 47.4 Å². The number of thioether (sulfide) groups is 1. The zero-order valence-corrected chi connectivity index (χ0v) is 18.2. The number of piperidine rings is 1. The van der Waals surface area contributed by atoms with Crippen molar-refractivity contribution in [3.8, 4) is 11.5 Å². The van der Waals surface area contributed by atoms with Crippen molar-refractivity contribution in [1.29, 1.82) is 0 Å². The zero-order valence-electron chi connectivity index (χ0n) is 17.3. The summed E-state index contributed by atoms with van der Waals surface area (Å²) in [7, 11) is 0. The van der Waals surface area contributed by atoms with Crippen molar-refractivity contribution in [1.82, 2.24) is 4.90 Å². The maximum absolute atomic E-state index is 13.0. The van der Waals surface area contributed by atoms with Crippen LogP contribution in [0.4, 0.5) is 11.4 Å². The molecule has 166 valence electrons. The van der Waals surface area contributed by atoms with E-state index >= 15 is 0 Å². The van der Waals surface area contributed by atoms with Gasteiger partial charge in [0.15, 0.2) is 16.7 Å². The third kappa shape index (κ3) is 4.12. The number of hydrogen-bond acceptors (Lipinski definition) is 6. The van der Waals surface area contributed by atoms with Crippen molar-refractivity contribution in [2.75, 3.05) is 36.9 Å². The highest BCUT2D eigenvalue weighted by molar-refractivity contribution is 8.01. The van der Waals surface area contributed by atoms with E-state index in [0.717, 1.165) is 10.6 Å². The van der Waals surface area contributed by atoms with E-state index in [1.807, 2.05) is 24.3 Å². The topological polar surface area (TPSA) is 97.0 Å². The summed E-state index contributed by atoms with van der Waals surface area (Å²) in [4.78, 5) is 40.8. The SMILES string of the molecule is O=C(Nc1ccc2c(c1)OCCO2)C1CCN(C(=O)[C@@H]2Sc3ccccc3NC2=O)CC1. The van der Waals surface area contributed by atoms with E-state index in [4.69, 9.17) is 9.47 Å². The Morgan fingerprint density at radius 1 is 1.03 bits per heavy atom. The van der Waals surface area contributed by atoms with E-state index in [-0.39, 0.29) is 23.6 Å². The third-order valence-electron chi connectivity index (χ3n) is 5.84. The Morgan fingerprint density at radius 3 is 2.59 bits per heavy atom. The summed E-state index contributed by atoms with van der Waals surface area (Å²) in [6.07, 6.45) is 1.11. The molecule has 0 saturated carbocycles. The maximum Gasteiger partial charge on any atom is 0.247 e. The zero-order chi connectivity index (χ0) is 22.1. The summed E-state index contributed by atoms with van der Waals surface area (Å²) in [5.74, 6) is 0.533. The summed E-state index contributed by atoms with van der Waals surface area (Å²) >= 11 is 1.28. The first kappa shape index (κ1) is 20.7. The van der Waals surface area contributed by atoms with E-state index in [1.54, 1.807) is 23.1 Å². The van der Waals surface area contributed by atoms with Gasteiger partial charge in [-0.25, -0.2) is 0 Å². The molecule has 3 aliphatic rings. The summed E-state index contributed by atoms with van der Waals surface area (Å²) in [5.41, 5.74) is 1.40. The number of nitrogens with one attached hydrogen (secondary N) is 2. The Hall–Kier alpha value is -3.20. The van der Waals surface area contributed by atoms with Crippen LogP contribution in [0.3, 0.4) is 0 Å². The van der Waals surface area contributed by atoms with Gasteiger partial charge in [0.25, 0.3) is 0 Å². The number of para-hydroxylation sites is 1. The Kier molecular flexibility index (Phi) is 5.65. The van der Waals surface area contributed by atoms with Crippen LogP contribution in [0, 0.1) is 5.92 Å². The second-order valence-electron chi connectivity index (χ2n) is 7.93. The molecule has 8 nitrogen and oxygen atoms in total. The fourth-order valence-corrected chi connectivity index (χ4v) is 5.18. The van der Waals surface area contributed by atoms with E-state index in [1.165, 1.54) is 11.8 Å². The van der Waals surface area contributed by atoms with Gasteiger partial charge in [-0.2, -0.15) is 0 Å². The predicted octanol–water partition coefficient (Wildman–Crippen LogP) is 2.75. The molecule has 1 fully saturated rings. The Morgan fingerprint density at radius 2 is 1.78 bits per heavy atom. The molecule has 9 heteroatoms. The molecule has 2 N–H and O–H groups in total. The van der Waals surface area contributed by atoms with Gasteiger partial charge in [0.05, 0.1) is 5.69 Å². The number of hydrogen-bond donors (Lipinski definition) is 2. The number of anilines is 2. The summed E-state index contributed by atoms with van der Waals surface area (Å²) in [6, 6.07) is 12.8. The quantitative estimate of drug-likeness (QED) is 0.694. The molecule has 1 atom stereocenters. The lowest BCUT2D eigenvalue weighted by Gasteiger charge is -2.34. The van der Waals surface area contributed by atoms with Crippen LogP contribution in [-0.2, 0) is 14.4 Å². The van der Waals surface area contributed by atoms with E-state index in [0.29, 0.717) is 56.3 Å². The highest BCUT2D eigenvalue weighted by Gasteiger charge is 2.37. The first-order valence-electron chi connectivity index (χ1n) is 10.6. The lowest BCUT2D eigenvalue weighted by atomic mass is 9.95. The van der Waals surface area contributed by atoms with Crippen molar-refractivity contribution in [2.24, 2.45) is 5.92 Å². The first-order valence-corrected chi connectivity index (χ1v) is 11.5. The molecule has 2 aromatic rings.